The van der Waals surface area contributed by atoms with Crippen LogP contribution < -0.4 is 9.47 Å². The predicted octanol–water partition coefficient (Wildman–Crippen LogP) is 9.29. The van der Waals surface area contributed by atoms with Gasteiger partial charge in [-0.1, -0.05) is 69.7 Å². The SMILES string of the molecule is C=C(C)C(=O)Oc1cccc(-c2cc(-c3ccc(C4CCC(C)CC4)cc3C)cc(OC(=O)C(=C)C)c2CCCCCO)c1. The average molecular weight is 595 g/mol. The second kappa shape index (κ2) is 15.2. The summed E-state index contributed by atoms with van der Waals surface area (Å²) in [6.45, 7) is 15.4. The molecule has 232 valence electrons. The third kappa shape index (κ3) is 8.35. The Morgan fingerprint density at radius 2 is 1.52 bits per heavy atom. The molecule has 5 heteroatoms. The van der Waals surface area contributed by atoms with Gasteiger partial charge in [-0.15, -0.1) is 0 Å². The van der Waals surface area contributed by atoms with Gasteiger partial charge in [0.25, 0.3) is 0 Å². The molecule has 1 N–H and O–H groups in total. The molecule has 0 bridgehead atoms. The van der Waals surface area contributed by atoms with Crippen molar-refractivity contribution in [3.05, 3.63) is 95.6 Å². The number of hydrogen-bond donors (Lipinski definition) is 1. The maximum atomic E-state index is 12.9. The molecule has 0 atom stereocenters. The lowest BCUT2D eigenvalue weighted by Crippen LogP contribution is -2.11. The van der Waals surface area contributed by atoms with Crippen LogP contribution in [0.4, 0.5) is 0 Å². The van der Waals surface area contributed by atoms with Gasteiger partial charge in [-0.25, -0.2) is 9.59 Å². The molecule has 4 rings (SSSR count). The Labute approximate surface area is 262 Å². The number of carbonyl (C=O) groups excluding carboxylic acids is 2. The van der Waals surface area contributed by atoms with Crippen LogP contribution in [0.3, 0.4) is 0 Å². The Balaban J connectivity index is 1.84. The van der Waals surface area contributed by atoms with Gasteiger partial charge in [0.2, 0.25) is 0 Å². The maximum absolute atomic E-state index is 12.9. The third-order valence-electron chi connectivity index (χ3n) is 8.60. The molecule has 1 fully saturated rings. The smallest absolute Gasteiger partial charge is 0.338 e. The van der Waals surface area contributed by atoms with Gasteiger partial charge in [0.1, 0.15) is 11.5 Å². The molecule has 0 aromatic heterocycles. The Kier molecular flexibility index (Phi) is 11.4. The zero-order valence-corrected chi connectivity index (χ0v) is 26.7. The number of unbranched alkanes of at least 4 members (excludes halogenated alkanes) is 2. The Hall–Kier alpha value is -3.96. The lowest BCUT2D eigenvalue weighted by molar-refractivity contribution is -0.131. The average Bonchev–Trinajstić information content (AvgIpc) is 3.00. The minimum Gasteiger partial charge on any atom is -0.423 e. The van der Waals surface area contributed by atoms with Gasteiger partial charge in [0.05, 0.1) is 0 Å². The van der Waals surface area contributed by atoms with Crippen LogP contribution in [0, 0.1) is 12.8 Å². The highest BCUT2D eigenvalue weighted by molar-refractivity contribution is 5.91. The Bertz CT molecular complexity index is 1520. The van der Waals surface area contributed by atoms with E-state index in [4.69, 9.17) is 9.47 Å². The zero-order valence-electron chi connectivity index (χ0n) is 26.7. The van der Waals surface area contributed by atoms with Crippen LogP contribution in [0.5, 0.6) is 11.5 Å². The lowest BCUT2D eigenvalue weighted by atomic mass is 9.78. The summed E-state index contributed by atoms with van der Waals surface area (Å²) in [6.07, 6.45) is 7.98. The van der Waals surface area contributed by atoms with Crippen LogP contribution in [0.25, 0.3) is 22.3 Å². The summed E-state index contributed by atoms with van der Waals surface area (Å²) in [5, 5.41) is 9.35. The number of esters is 2. The number of ether oxygens (including phenoxy) is 2. The molecular weight excluding hydrogens is 548 g/mol. The van der Waals surface area contributed by atoms with Gasteiger partial charge < -0.3 is 14.6 Å². The van der Waals surface area contributed by atoms with E-state index in [1.165, 1.54) is 36.8 Å². The Morgan fingerprint density at radius 1 is 0.818 bits per heavy atom. The van der Waals surface area contributed by atoms with Crippen LogP contribution in [-0.2, 0) is 16.0 Å². The Morgan fingerprint density at radius 3 is 2.18 bits per heavy atom. The van der Waals surface area contributed by atoms with Gasteiger partial charge in [0.15, 0.2) is 0 Å². The summed E-state index contributed by atoms with van der Waals surface area (Å²) in [4.78, 5) is 25.2. The van der Waals surface area contributed by atoms with Gasteiger partial charge in [-0.2, -0.15) is 0 Å². The zero-order chi connectivity index (χ0) is 31.8. The molecule has 44 heavy (non-hydrogen) atoms. The summed E-state index contributed by atoms with van der Waals surface area (Å²) in [5.74, 6) is 1.33. The summed E-state index contributed by atoms with van der Waals surface area (Å²) < 4.78 is 11.6. The number of rotatable bonds is 12. The van der Waals surface area contributed by atoms with E-state index in [9.17, 15) is 14.7 Å². The van der Waals surface area contributed by atoms with Crippen molar-refractivity contribution in [1.82, 2.24) is 0 Å². The van der Waals surface area contributed by atoms with Crippen molar-refractivity contribution >= 4 is 11.9 Å². The fourth-order valence-corrected chi connectivity index (χ4v) is 5.96. The second-order valence-corrected chi connectivity index (χ2v) is 12.4. The highest BCUT2D eigenvalue weighted by Gasteiger charge is 2.22. The normalized spacial score (nSPS) is 16.3. The highest BCUT2D eigenvalue weighted by atomic mass is 16.5. The predicted molar refractivity (Wildman–Crippen MR) is 178 cm³/mol. The molecule has 0 radical (unpaired) electrons. The van der Waals surface area contributed by atoms with E-state index in [0.717, 1.165) is 46.6 Å². The first-order valence-electron chi connectivity index (χ1n) is 15.8. The molecule has 0 aliphatic heterocycles. The highest BCUT2D eigenvalue weighted by Crippen LogP contribution is 2.41. The van der Waals surface area contributed by atoms with E-state index in [1.807, 2.05) is 24.3 Å². The van der Waals surface area contributed by atoms with Crippen LogP contribution in [0.1, 0.15) is 88.3 Å². The summed E-state index contributed by atoms with van der Waals surface area (Å²) >= 11 is 0. The van der Waals surface area contributed by atoms with Crippen LogP contribution in [0.2, 0.25) is 0 Å². The largest absolute Gasteiger partial charge is 0.423 e. The van der Waals surface area contributed by atoms with E-state index >= 15 is 0 Å². The molecule has 1 aliphatic carbocycles. The number of benzene rings is 3. The van der Waals surface area contributed by atoms with Gasteiger partial charge in [-0.05, 0) is 122 Å². The molecule has 1 aliphatic rings. The number of hydrogen-bond acceptors (Lipinski definition) is 5. The molecule has 0 heterocycles. The summed E-state index contributed by atoms with van der Waals surface area (Å²) in [6, 6.07) is 18.3. The molecule has 3 aromatic carbocycles. The van der Waals surface area contributed by atoms with Crippen LogP contribution in [-0.4, -0.2) is 23.7 Å². The molecule has 3 aromatic rings. The van der Waals surface area contributed by atoms with E-state index in [1.54, 1.807) is 19.9 Å². The van der Waals surface area contributed by atoms with Crippen molar-refractivity contribution in [2.45, 2.75) is 85.0 Å². The lowest BCUT2D eigenvalue weighted by Gasteiger charge is -2.27. The van der Waals surface area contributed by atoms with Gasteiger partial charge >= 0.3 is 11.9 Å². The topological polar surface area (TPSA) is 72.8 Å². The fraction of sp³-hybridized carbons (Fsp3) is 0.385. The van der Waals surface area contributed by atoms with Crippen molar-refractivity contribution in [3.8, 4) is 33.8 Å². The van der Waals surface area contributed by atoms with E-state index in [0.29, 0.717) is 41.4 Å². The van der Waals surface area contributed by atoms with Crippen molar-refractivity contribution in [3.63, 3.8) is 0 Å². The molecule has 5 nitrogen and oxygen atoms in total. The summed E-state index contributed by atoms with van der Waals surface area (Å²) in [5.41, 5.74) is 7.83. The van der Waals surface area contributed by atoms with Crippen molar-refractivity contribution in [1.29, 1.82) is 0 Å². The maximum Gasteiger partial charge on any atom is 0.338 e. The molecule has 0 spiro atoms. The molecular formula is C39H46O5. The molecule has 0 unspecified atom stereocenters. The van der Waals surface area contributed by atoms with Crippen molar-refractivity contribution < 1.29 is 24.2 Å². The molecule has 0 saturated heterocycles. The van der Waals surface area contributed by atoms with E-state index in [-0.39, 0.29) is 6.61 Å². The van der Waals surface area contributed by atoms with Crippen molar-refractivity contribution in [2.75, 3.05) is 6.61 Å². The van der Waals surface area contributed by atoms with Crippen LogP contribution in [0.15, 0.2) is 78.9 Å². The minimum absolute atomic E-state index is 0.134. The summed E-state index contributed by atoms with van der Waals surface area (Å²) in [7, 11) is 0. The van der Waals surface area contributed by atoms with Crippen molar-refractivity contribution in [2.24, 2.45) is 5.92 Å². The van der Waals surface area contributed by atoms with Gasteiger partial charge in [0, 0.05) is 23.3 Å². The van der Waals surface area contributed by atoms with Crippen LogP contribution >= 0.6 is 0 Å². The standard InChI is InChI=1S/C39H46O5/c1-25(2)38(41)43-33-12-10-11-31(22-33)36-23-32(24-37(44-39(42)26(3)4)35(36)13-8-7-9-20-40)34-19-18-30(21-28(34)6)29-16-14-27(5)15-17-29/h10-12,18-19,21-24,27,29,40H,1,3,7-9,13-17,20H2,2,4-6H3. The number of aliphatic hydroxyl groups excluding tert-OH is 1. The number of aliphatic hydroxyl groups is 1. The van der Waals surface area contributed by atoms with E-state index < -0.39 is 11.9 Å². The minimum atomic E-state index is -0.487. The first-order chi connectivity index (χ1) is 21.1. The monoisotopic (exact) mass is 594 g/mol. The fourth-order valence-electron chi connectivity index (χ4n) is 5.96. The van der Waals surface area contributed by atoms with E-state index in [2.05, 4.69) is 51.3 Å². The molecule has 1 saturated carbocycles. The first-order valence-corrected chi connectivity index (χ1v) is 15.8. The quantitative estimate of drug-likeness (QED) is 0.0979. The number of carbonyl (C=O) groups is 2. The third-order valence-corrected chi connectivity index (χ3v) is 8.60. The van der Waals surface area contributed by atoms with Gasteiger partial charge in [-0.3, -0.25) is 0 Å². The first kappa shape index (κ1) is 32.9. The molecule has 0 amide bonds. The number of aryl methyl sites for hydroxylation is 1. The second-order valence-electron chi connectivity index (χ2n) is 12.4.